The number of nitrogens with one attached hydrogen (secondary N) is 1. The van der Waals surface area contributed by atoms with E-state index in [0.29, 0.717) is 10.2 Å². The van der Waals surface area contributed by atoms with Gasteiger partial charge in [-0.3, -0.25) is 9.59 Å². The zero-order valence-corrected chi connectivity index (χ0v) is 19.3. The molecule has 8 nitrogen and oxygen atoms in total. The predicted molar refractivity (Wildman–Crippen MR) is 121 cm³/mol. The molecule has 2 aromatic rings. The fraction of sp³-hybridized carbons (Fsp3) is 0.304. The van der Waals surface area contributed by atoms with E-state index >= 15 is 0 Å². The standard InChI is InChI=1S/C23H24BrFN2O6/c1-32-15-5-2-12(3-6-15)8-17(22(26)30)27-23(31)13-9-18(28)21(29)20(10-13)33-19-11-14(25)4-7-16(19)24/h2-7,10-11,17-18,20-21,28-29H,8-9H2,1H3,(H2,26,30)(H,27,31)/t17-,18+,20+,21+/m0/s1. The number of carbonyl (C=O) groups is 2. The fourth-order valence-electron chi connectivity index (χ4n) is 3.39. The molecule has 4 atom stereocenters. The summed E-state index contributed by atoms with van der Waals surface area (Å²) >= 11 is 3.23. The van der Waals surface area contributed by atoms with Crippen LogP contribution in [0.5, 0.6) is 11.5 Å². The maximum absolute atomic E-state index is 13.6. The molecule has 0 unspecified atom stereocenters. The number of rotatable bonds is 8. The van der Waals surface area contributed by atoms with E-state index in [-0.39, 0.29) is 24.2 Å². The average Bonchev–Trinajstić information content (AvgIpc) is 2.79. The van der Waals surface area contributed by atoms with E-state index < -0.39 is 42.0 Å². The molecule has 0 saturated carbocycles. The number of aliphatic hydroxyl groups excluding tert-OH is 2. The highest BCUT2D eigenvalue weighted by atomic mass is 79.9. The van der Waals surface area contributed by atoms with Gasteiger partial charge in [0.1, 0.15) is 35.6 Å². The van der Waals surface area contributed by atoms with E-state index in [1.54, 1.807) is 24.3 Å². The second-order valence-corrected chi connectivity index (χ2v) is 8.45. The first kappa shape index (κ1) is 24.7. The smallest absolute Gasteiger partial charge is 0.247 e. The third-order valence-electron chi connectivity index (χ3n) is 5.22. The molecule has 0 aromatic heterocycles. The number of methoxy groups -OCH3 is 1. The molecule has 0 bridgehead atoms. The van der Waals surface area contributed by atoms with Crippen LogP contribution < -0.4 is 20.5 Å². The third kappa shape index (κ3) is 6.31. The number of amides is 2. The molecule has 33 heavy (non-hydrogen) atoms. The molecule has 2 aromatic carbocycles. The van der Waals surface area contributed by atoms with Crippen molar-refractivity contribution in [2.45, 2.75) is 37.2 Å². The first-order valence-electron chi connectivity index (χ1n) is 10.1. The summed E-state index contributed by atoms with van der Waals surface area (Å²) in [5.74, 6) is -1.17. The van der Waals surface area contributed by atoms with E-state index in [2.05, 4.69) is 21.2 Å². The number of benzene rings is 2. The van der Waals surface area contributed by atoms with Crippen molar-refractivity contribution in [3.8, 4) is 11.5 Å². The lowest BCUT2D eigenvalue weighted by Crippen LogP contribution is -2.49. The van der Waals surface area contributed by atoms with Gasteiger partial charge >= 0.3 is 0 Å². The topological polar surface area (TPSA) is 131 Å². The van der Waals surface area contributed by atoms with E-state index in [1.807, 2.05) is 0 Å². The second-order valence-electron chi connectivity index (χ2n) is 7.59. The zero-order chi connectivity index (χ0) is 24.1. The van der Waals surface area contributed by atoms with Crippen LogP contribution in [0.25, 0.3) is 0 Å². The molecule has 0 aliphatic heterocycles. The molecule has 0 saturated heterocycles. The largest absolute Gasteiger partial charge is 0.497 e. The molecule has 0 spiro atoms. The molecule has 2 amide bonds. The van der Waals surface area contributed by atoms with Crippen LogP contribution in [0.4, 0.5) is 4.39 Å². The molecule has 0 heterocycles. The van der Waals surface area contributed by atoms with Gasteiger partial charge in [0.15, 0.2) is 0 Å². The summed E-state index contributed by atoms with van der Waals surface area (Å²) in [6.07, 6.45) is -2.44. The van der Waals surface area contributed by atoms with Gasteiger partial charge in [-0.1, -0.05) is 12.1 Å². The van der Waals surface area contributed by atoms with Crippen molar-refractivity contribution < 1.29 is 33.7 Å². The summed E-state index contributed by atoms with van der Waals surface area (Å²) < 4.78 is 24.8. The van der Waals surface area contributed by atoms with Crippen molar-refractivity contribution in [2.75, 3.05) is 7.11 Å². The lowest BCUT2D eigenvalue weighted by molar-refractivity contribution is -0.126. The lowest BCUT2D eigenvalue weighted by atomic mass is 9.91. The Morgan fingerprint density at radius 1 is 1.24 bits per heavy atom. The van der Waals surface area contributed by atoms with Crippen LogP contribution >= 0.6 is 15.9 Å². The Balaban J connectivity index is 1.75. The Morgan fingerprint density at radius 2 is 1.94 bits per heavy atom. The second kappa shape index (κ2) is 10.8. The summed E-state index contributed by atoms with van der Waals surface area (Å²) in [6, 6.07) is 9.72. The normalized spacial score (nSPS) is 21.0. The summed E-state index contributed by atoms with van der Waals surface area (Å²) in [6.45, 7) is 0. The number of hydrogen-bond acceptors (Lipinski definition) is 6. The van der Waals surface area contributed by atoms with Crippen molar-refractivity contribution in [2.24, 2.45) is 5.73 Å². The van der Waals surface area contributed by atoms with Gasteiger partial charge in [-0.15, -0.1) is 0 Å². The van der Waals surface area contributed by atoms with Crippen molar-refractivity contribution in [1.29, 1.82) is 0 Å². The molecular formula is C23H24BrFN2O6. The number of nitrogens with two attached hydrogens (primary N) is 1. The number of ether oxygens (including phenoxy) is 2. The molecular weight excluding hydrogens is 499 g/mol. The highest BCUT2D eigenvalue weighted by Crippen LogP contribution is 2.30. The van der Waals surface area contributed by atoms with E-state index in [0.717, 1.165) is 11.6 Å². The molecule has 10 heteroatoms. The van der Waals surface area contributed by atoms with Crippen molar-refractivity contribution >= 4 is 27.7 Å². The summed E-state index contributed by atoms with van der Waals surface area (Å²) in [7, 11) is 1.54. The maximum atomic E-state index is 13.6. The number of carbonyl (C=O) groups excluding carboxylic acids is 2. The first-order chi connectivity index (χ1) is 15.7. The minimum absolute atomic E-state index is 0.0960. The van der Waals surface area contributed by atoms with Crippen LogP contribution in [-0.2, 0) is 16.0 Å². The average molecular weight is 523 g/mol. The Hall–Kier alpha value is -2.95. The number of aliphatic hydroxyl groups is 2. The summed E-state index contributed by atoms with van der Waals surface area (Å²) in [4.78, 5) is 24.8. The highest BCUT2D eigenvalue weighted by Gasteiger charge is 2.35. The van der Waals surface area contributed by atoms with Crippen molar-refractivity contribution in [1.82, 2.24) is 5.32 Å². The lowest BCUT2D eigenvalue weighted by Gasteiger charge is -2.31. The van der Waals surface area contributed by atoms with Crippen molar-refractivity contribution in [3.05, 3.63) is 70.0 Å². The van der Waals surface area contributed by atoms with Crippen LogP contribution in [0.3, 0.4) is 0 Å². The van der Waals surface area contributed by atoms with Gasteiger partial charge in [0.25, 0.3) is 0 Å². The molecule has 0 radical (unpaired) electrons. The van der Waals surface area contributed by atoms with Gasteiger partial charge in [-0.25, -0.2) is 4.39 Å². The Kier molecular flexibility index (Phi) is 8.06. The molecule has 0 fully saturated rings. The quantitative estimate of drug-likeness (QED) is 0.416. The Bertz CT molecular complexity index is 1050. The number of hydrogen-bond donors (Lipinski definition) is 4. The first-order valence-corrected chi connectivity index (χ1v) is 10.9. The predicted octanol–water partition coefficient (Wildman–Crippen LogP) is 1.61. The summed E-state index contributed by atoms with van der Waals surface area (Å²) in [5.41, 5.74) is 6.33. The van der Waals surface area contributed by atoms with Gasteiger partial charge < -0.3 is 30.7 Å². The van der Waals surface area contributed by atoms with E-state index in [4.69, 9.17) is 15.2 Å². The Morgan fingerprint density at radius 3 is 2.58 bits per heavy atom. The van der Waals surface area contributed by atoms with Crippen LogP contribution in [-0.4, -0.2) is 53.5 Å². The molecule has 3 rings (SSSR count). The van der Waals surface area contributed by atoms with E-state index in [9.17, 15) is 24.2 Å². The van der Waals surface area contributed by atoms with Crippen molar-refractivity contribution in [3.63, 3.8) is 0 Å². The van der Waals surface area contributed by atoms with E-state index in [1.165, 1.54) is 25.3 Å². The Labute approximate surface area is 198 Å². The van der Waals surface area contributed by atoms with Crippen LogP contribution in [0.15, 0.2) is 58.6 Å². The summed E-state index contributed by atoms with van der Waals surface area (Å²) in [5, 5.41) is 23.2. The minimum atomic E-state index is -1.34. The van der Waals surface area contributed by atoms with Gasteiger partial charge in [-0.2, -0.15) is 0 Å². The van der Waals surface area contributed by atoms with Gasteiger partial charge in [0.2, 0.25) is 11.8 Å². The van der Waals surface area contributed by atoms with Gasteiger partial charge in [0.05, 0.1) is 17.7 Å². The monoisotopic (exact) mass is 522 g/mol. The van der Waals surface area contributed by atoms with Crippen LogP contribution in [0.1, 0.15) is 12.0 Å². The molecule has 1 aliphatic carbocycles. The molecule has 5 N–H and O–H groups in total. The molecule has 176 valence electrons. The number of halogens is 2. The SMILES string of the molecule is COc1ccc(C[C@H](NC(=O)C2=C[C@@H](Oc3cc(F)ccc3Br)[C@H](O)[C@H](O)C2)C(N)=O)cc1. The van der Waals surface area contributed by atoms with Crippen LogP contribution in [0.2, 0.25) is 0 Å². The van der Waals surface area contributed by atoms with Crippen LogP contribution in [0, 0.1) is 5.82 Å². The minimum Gasteiger partial charge on any atom is -0.497 e. The highest BCUT2D eigenvalue weighted by molar-refractivity contribution is 9.10. The number of primary amides is 1. The fourth-order valence-corrected chi connectivity index (χ4v) is 3.73. The van der Waals surface area contributed by atoms with Gasteiger partial charge in [-0.05, 0) is 51.8 Å². The molecule has 1 aliphatic rings. The van der Waals surface area contributed by atoms with Gasteiger partial charge in [0, 0.05) is 24.5 Å². The maximum Gasteiger partial charge on any atom is 0.247 e. The third-order valence-corrected chi connectivity index (χ3v) is 5.88. The zero-order valence-electron chi connectivity index (χ0n) is 17.7.